The van der Waals surface area contributed by atoms with Crippen molar-refractivity contribution in [2.75, 3.05) is 0 Å². The fourth-order valence-electron chi connectivity index (χ4n) is 3.35. The maximum Gasteiger partial charge on any atom is 0.328 e. The third-order valence-electron chi connectivity index (χ3n) is 4.38. The lowest BCUT2D eigenvalue weighted by Crippen LogP contribution is -2.31. The summed E-state index contributed by atoms with van der Waals surface area (Å²) in [6.45, 7) is 0. The van der Waals surface area contributed by atoms with Crippen molar-refractivity contribution in [1.82, 2.24) is 4.90 Å². The quantitative estimate of drug-likeness (QED) is 0.873. The summed E-state index contributed by atoms with van der Waals surface area (Å²) in [6, 6.07) is 19.7. The smallest absolute Gasteiger partial charge is 0.328 e. The van der Waals surface area contributed by atoms with Crippen LogP contribution in [0.4, 0.5) is 0 Å². The molecule has 4 nitrogen and oxygen atoms in total. The zero-order valence-electron chi connectivity index (χ0n) is 13.2. The lowest BCUT2D eigenvalue weighted by atomic mass is 10.0. The molecule has 2 atom stereocenters. The van der Waals surface area contributed by atoms with Crippen LogP contribution in [0.3, 0.4) is 0 Å². The molecule has 2 aromatic carbocycles. The SMILES string of the molecule is O=C(O)/C=C\C(=O)N1[C@@H](c2ccccc2)CC[C@@H]1c1ccccc1. The molecule has 4 heteroatoms. The van der Waals surface area contributed by atoms with Crippen LogP contribution in [0.25, 0.3) is 0 Å². The highest BCUT2D eigenvalue weighted by atomic mass is 16.4. The monoisotopic (exact) mass is 321 g/mol. The summed E-state index contributed by atoms with van der Waals surface area (Å²) in [4.78, 5) is 25.3. The summed E-state index contributed by atoms with van der Waals surface area (Å²) >= 11 is 0. The molecule has 1 saturated heterocycles. The highest BCUT2D eigenvalue weighted by Gasteiger charge is 2.37. The molecule has 1 N–H and O–H groups in total. The minimum atomic E-state index is -1.12. The van der Waals surface area contributed by atoms with E-state index in [0.717, 1.165) is 36.1 Å². The fourth-order valence-corrected chi connectivity index (χ4v) is 3.35. The minimum absolute atomic E-state index is 0.0395. The van der Waals surface area contributed by atoms with Crippen molar-refractivity contribution in [3.8, 4) is 0 Å². The number of carbonyl (C=O) groups is 2. The lowest BCUT2D eigenvalue weighted by Gasteiger charge is -2.30. The molecular formula is C20H19NO3. The van der Waals surface area contributed by atoms with E-state index in [9.17, 15) is 9.59 Å². The molecule has 1 heterocycles. The van der Waals surface area contributed by atoms with Crippen LogP contribution >= 0.6 is 0 Å². The van der Waals surface area contributed by atoms with Crippen molar-refractivity contribution in [3.63, 3.8) is 0 Å². The number of hydrogen-bond donors (Lipinski definition) is 1. The van der Waals surface area contributed by atoms with Gasteiger partial charge in [0, 0.05) is 12.2 Å². The van der Waals surface area contributed by atoms with Crippen molar-refractivity contribution in [1.29, 1.82) is 0 Å². The number of carboxylic acids is 1. The number of carboxylic acid groups (broad SMARTS) is 1. The average Bonchev–Trinajstić information content (AvgIpc) is 3.06. The summed E-state index contributed by atoms with van der Waals surface area (Å²) in [5.41, 5.74) is 2.15. The molecule has 1 fully saturated rings. The molecule has 0 unspecified atom stereocenters. The van der Waals surface area contributed by atoms with E-state index in [1.165, 1.54) is 0 Å². The molecule has 1 amide bonds. The molecule has 24 heavy (non-hydrogen) atoms. The van der Waals surface area contributed by atoms with Crippen LogP contribution in [0.15, 0.2) is 72.8 Å². The van der Waals surface area contributed by atoms with E-state index in [-0.39, 0.29) is 18.0 Å². The predicted octanol–water partition coefficient (Wildman–Crippen LogP) is 3.73. The van der Waals surface area contributed by atoms with Crippen LogP contribution in [0.5, 0.6) is 0 Å². The minimum Gasteiger partial charge on any atom is -0.478 e. The number of hydrogen-bond acceptors (Lipinski definition) is 2. The Morgan fingerprint density at radius 3 is 1.71 bits per heavy atom. The van der Waals surface area contributed by atoms with E-state index < -0.39 is 5.97 Å². The number of aliphatic carboxylic acids is 1. The molecule has 0 radical (unpaired) electrons. The molecule has 122 valence electrons. The first-order chi connectivity index (χ1) is 11.7. The van der Waals surface area contributed by atoms with Gasteiger partial charge in [0.15, 0.2) is 0 Å². The Morgan fingerprint density at radius 2 is 1.29 bits per heavy atom. The predicted molar refractivity (Wildman–Crippen MR) is 91.2 cm³/mol. The van der Waals surface area contributed by atoms with E-state index in [1.807, 2.05) is 65.6 Å². The Hall–Kier alpha value is -2.88. The van der Waals surface area contributed by atoms with Crippen LogP contribution in [0.2, 0.25) is 0 Å². The van der Waals surface area contributed by atoms with Gasteiger partial charge < -0.3 is 10.0 Å². The van der Waals surface area contributed by atoms with Gasteiger partial charge in [-0.05, 0) is 24.0 Å². The Kier molecular flexibility index (Phi) is 4.75. The van der Waals surface area contributed by atoms with Crippen molar-refractivity contribution < 1.29 is 14.7 Å². The van der Waals surface area contributed by atoms with Gasteiger partial charge >= 0.3 is 5.97 Å². The van der Waals surface area contributed by atoms with Gasteiger partial charge in [-0.3, -0.25) is 4.79 Å². The Balaban J connectivity index is 1.95. The molecule has 3 rings (SSSR count). The number of likely N-dealkylation sites (tertiary alicyclic amines) is 1. The molecule has 1 aliphatic heterocycles. The third-order valence-corrected chi connectivity index (χ3v) is 4.38. The summed E-state index contributed by atoms with van der Waals surface area (Å²) in [5, 5.41) is 8.81. The number of amides is 1. The number of nitrogens with zero attached hydrogens (tertiary/aromatic N) is 1. The largest absolute Gasteiger partial charge is 0.478 e. The van der Waals surface area contributed by atoms with Crippen LogP contribution in [0.1, 0.15) is 36.1 Å². The highest BCUT2D eigenvalue weighted by Crippen LogP contribution is 2.43. The van der Waals surface area contributed by atoms with Gasteiger partial charge in [0.1, 0.15) is 0 Å². The summed E-state index contributed by atoms with van der Waals surface area (Å²) in [6.07, 6.45) is 3.77. The normalized spacial score (nSPS) is 20.4. The topological polar surface area (TPSA) is 57.6 Å². The van der Waals surface area contributed by atoms with Gasteiger partial charge in [0.2, 0.25) is 5.91 Å². The zero-order chi connectivity index (χ0) is 16.9. The van der Waals surface area contributed by atoms with Gasteiger partial charge in [0.05, 0.1) is 12.1 Å². The van der Waals surface area contributed by atoms with Crippen molar-refractivity contribution in [2.45, 2.75) is 24.9 Å². The van der Waals surface area contributed by atoms with E-state index >= 15 is 0 Å². The standard InChI is InChI=1S/C20H19NO3/c22-19(13-14-20(23)24)21-17(15-7-3-1-4-8-15)11-12-18(21)16-9-5-2-6-10-16/h1-10,13-14,17-18H,11-12H2,(H,23,24)/b14-13-/t17-,18-/m1/s1. The van der Waals surface area contributed by atoms with Crippen molar-refractivity contribution in [3.05, 3.63) is 83.9 Å². The molecule has 0 aromatic heterocycles. The summed E-state index contributed by atoms with van der Waals surface area (Å²) in [7, 11) is 0. The number of carbonyl (C=O) groups excluding carboxylic acids is 1. The van der Waals surface area contributed by atoms with Crippen LogP contribution in [0, 0.1) is 0 Å². The average molecular weight is 321 g/mol. The maximum absolute atomic E-state index is 12.7. The first kappa shape index (κ1) is 16.0. The van der Waals surface area contributed by atoms with Gasteiger partial charge in [-0.2, -0.15) is 0 Å². The molecular weight excluding hydrogens is 302 g/mol. The van der Waals surface area contributed by atoms with E-state index in [2.05, 4.69) is 0 Å². The summed E-state index contributed by atoms with van der Waals surface area (Å²) in [5.74, 6) is -1.38. The van der Waals surface area contributed by atoms with Gasteiger partial charge in [-0.25, -0.2) is 4.79 Å². The number of rotatable bonds is 4. The molecule has 0 spiro atoms. The summed E-state index contributed by atoms with van der Waals surface area (Å²) < 4.78 is 0. The van der Waals surface area contributed by atoms with Gasteiger partial charge in [-0.15, -0.1) is 0 Å². The Bertz CT molecular complexity index is 692. The molecule has 0 saturated carbocycles. The molecule has 1 aliphatic rings. The first-order valence-corrected chi connectivity index (χ1v) is 8.00. The molecule has 0 bridgehead atoms. The highest BCUT2D eigenvalue weighted by molar-refractivity contribution is 5.94. The van der Waals surface area contributed by atoms with Crippen LogP contribution < -0.4 is 0 Å². The number of benzene rings is 2. The van der Waals surface area contributed by atoms with Crippen LogP contribution in [-0.4, -0.2) is 21.9 Å². The Morgan fingerprint density at radius 1 is 0.833 bits per heavy atom. The van der Waals surface area contributed by atoms with E-state index in [1.54, 1.807) is 0 Å². The maximum atomic E-state index is 12.7. The van der Waals surface area contributed by atoms with E-state index in [0.29, 0.717) is 0 Å². The first-order valence-electron chi connectivity index (χ1n) is 8.00. The Labute approximate surface area is 141 Å². The zero-order valence-corrected chi connectivity index (χ0v) is 13.2. The van der Waals surface area contributed by atoms with Crippen LogP contribution in [-0.2, 0) is 9.59 Å². The second kappa shape index (κ2) is 7.13. The second-order valence-electron chi connectivity index (χ2n) is 5.85. The van der Waals surface area contributed by atoms with Gasteiger partial charge in [0.25, 0.3) is 0 Å². The van der Waals surface area contributed by atoms with Gasteiger partial charge in [-0.1, -0.05) is 60.7 Å². The second-order valence-corrected chi connectivity index (χ2v) is 5.85. The van der Waals surface area contributed by atoms with Crippen molar-refractivity contribution in [2.24, 2.45) is 0 Å². The van der Waals surface area contributed by atoms with Crippen molar-refractivity contribution >= 4 is 11.9 Å². The molecule has 2 aromatic rings. The van der Waals surface area contributed by atoms with E-state index in [4.69, 9.17) is 5.11 Å². The molecule has 0 aliphatic carbocycles. The fraction of sp³-hybridized carbons (Fsp3) is 0.200. The lowest BCUT2D eigenvalue weighted by molar-refractivity contribution is -0.133. The third kappa shape index (κ3) is 3.38.